The number of benzene rings is 5. The number of aryl methyl sites for hydroxylation is 1. The molecular weight excluding hydrogens is 817 g/mol. The van der Waals surface area contributed by atoms with E-state index in [1.807, 2.05) is 60.8 Å². The van der Waals surface area contributed by atoms with Gasteiger partial charge in [-0.15, -0.1) is 42.0 Å². The van der Waals surface area contributed by atoms with E-state index in [0.717, 1.165) is 67.4 Å². The summed E-state index contributed by atoms with van der Waals surface area (Å²) in [5, 5.41) is 4.54. The Morgan fingerprint density at radius 3 is 2.27 bits per heavy atom. The smallest absolute Gasteiger partial charge is 0.121 e. The van der Waals surface area contributed by atoms with Crippen LogP contribution >= 0.6 is 0 Å². The van der Waals surface area contributed by atoms with Gasteiger partial charge in [-0.1, -0.05) is 122 Å². The van der Waals surface area contributed by atoms with E-state index in [1.54, 1.807) is 6.20 Å². The van der Waals surface area contributed by atoms with E-state index in [0.29, 0.717) is 5.92 Å². The first-order chi connectivity index (χ1) is 24.9. The molecule has 0 aliphatic carbocycles. The Kier molecular flexibility index (Phi) is 10.2. The Labute approximate surface area is 317 Å². The molecule has 0 amide bonds. The average molecular weight is 855 g/mol. The molecule has 0 spiro atoms. The molecule has 0 bridgehead atoms. The zero-order valence-corrected chi connectivity index (χ0v) is 32.0. The maximum absolute atomic E-state index is 6.21. The second kappa shape index (κ2) is 15.1. The van der Waals surface area contributed by atoms with Crippen LogP contribution in [0.5, 0.6) is 0 Å². The molecule has 0 aliphatic heterocycles. The normalized spacial score (nSPS) is 11.9. The van der Waals surface area contributed by atoms with E-state index in [-0.39, 0.29) is 26.0 Å². The molecule has 4 heterocycles. The van der Waals surface area contributed by atoms with Crippen LogP contribution in [0.3, 0.4) is 0 Å². The number of pyridine rings is 2. The molecule has 4 aromatic heterocycles. The third-order valence-electron chi connectivity index (χ3n) is 9.61. The van der Waals surface area contributed by atoms with Crippen molar-refractivity contribution in [2.45, 2.75) is 40.0 Å². The van der Waals surface area contributed by atoms with E-state index < -0.39 is 0 Å². The quantitative estimate of drug-likeness (QED) is 0.156. The second-order valence-electron chi connectivity index (χ2n) is 13.6. The van der Waals surface area contributed by atoms with Crippen molar-refractivity contribution in [1.82, 2.24) is 9.97 Å². The third kappa shape index (κ3) is 6.82. The minimum atomic E-state index is 0. The molecule has 5 aromatic carbocycles. The van der Waals surface area contributed by atoms with Crippen molar-refractivity contribution < 1.29 is 28.9 Å². The molecule has 9 rings (SSSR count). The first-order valence-corrected chi connectivity index (χ1v) is 17.6. The van der Waals surface area contributed by atoms with E-state index in [4.69, 9.17) is 13.8 Å². The second-order valence-corrected chi connectivity index (χ2v) is 13.6. The molecule has 0 N–H and O–H groups in total. The molecule has 0 fully saturated rings. The van der Waals surface area contributed by atoms with Crippen LogP contribution in [0.15, 0.2) is 143 Å². The summed E-state index contributed by atoms with van der Waals surface area (Å²) in [5.74, 6) is 0.874. The predicted molar refractivity (Wildman–Crippen MR) is 209 cm³/mol. The summed E-state index contributed by atoms with van der Waals surface area (Å²) in [4.78, 5) is 9.11. The van der Waals surface area contributed by atoms with Gasteiger partial charge in [0.2, 0.25) is 0 Å². The van der Waals surface area contributed by atoms with Crippen molar-refractivity contribution in [1.29, 1.82) is 0 Å². The zero-order chi connectivity index (χ0) is 34.9. The fourth-order valence-electron chi connectivity index (χ4n) is 6.99. The standard InChI is InChI=1S/C30H28NO.C17H10NO.Ir/c1-19(2)15-24-17-27(31-18-20(24)3)23-13-14-28-26(16-23)30-25(11-8-12-29(30)32-28)21(4)22-9-6-5-7-10-22;1-2-10-16-12(6-1)13-7-5-8-14(17(13)19-16)15-9-3-4-11-18-15;/h5-12,14,16-19,21H,15H2,1-4H3;1-7,9-11H;/q2*-1;. The van der Waals surface area contributed by atoms with Crippen LogP contribution in [-0.4, -0.2) is 9.97 Å². The van der Waals surface area contributed by atoms with Gasteiger partial charge in [0.25, 0.3) is 0 Å². The fourth-order valence-corrected chi connectivity index (χ4v) is 6.99. The first kappa shape index (κ1) is 35.1. The molecule has 52 heavy (non-hydrogen) atoms. The summed E-state index contributed by atoms with van der Waals surface area (Å²) in [6.07, 6.45) is 4.82. The van der Waals surface area contributed by atoms with Crippen molar-refractivity contribution in [2.75, 3.05) is 0 Å². The van der Waals surface area contributed by atoms with E-state index in [9.17, 15) is 0 Å². The van der Waals surface area contributed by atoms with Crippen molar-refractivity contribution in [3.63, 3.8) is 0 Å². The maximum atomic E-state index is 6.21. The Balaban J connectivity index is 0.000000179. The summed E-state index contributed by atoms with van der Waals surface area (Å²) >= 11 is 0. The van der Waals surface area contributed by atoms with Crippen LogP contribution in [0.2, 0.25) is 0 Å². The van der Waals surface area contributed by atoms with Crippen LogP contribution in [0.25, 0.3) is 66.4 Å². The van der Waals surface area contributed by atoms with Gasteiger partial charge in [0, 0.05) is 49.2 Å². The summed E-state index contributed by atoms with van der Waals surface area (Å²) < 4.78 is 12.2. The van der Waals surface area contributed by atoms with Gasteiger partial charge in [-0.2, -0.15) is 0 Å². The Morgan fingerprint density at radius 2 is 1.46 bits per heavy atom. The van der Waals surface area contributed by atoms with Gasteiger partial charge >= 0.3 is 0 Å². The number of hydrogen-bond donors (Lipinski definition) is 0. The van der Waals surface area contributed by atoms with E-state index >= 15 is 0 Å². The number of nitrogens with zero attached hydrogens (tertiary/aromatic N) is 2. The third-order valence-corrected chi connectivity index (χ3v) is 9.61. The molecule has 0 saturated carbocycles. The van der Waals surface area contributed by atoms with E-state index in [1.165, 1.54) is 27.6 Å². The molecule has 1 radical (unpaired) electrons. The summed E-state index contributed by atoms with van der Waals surface area (Å²) in [6, 6.07) is 47.9. The topological polar surface area (TPSA) is 52.1 Å². The van der Waals surface area contributed by atoms with Gasteiger partial charge in [-0.3, -0.25) is 0 Å². The SMILES string of the molecule is Cc1cnc(-c2[c-]cc3oc4cccc(C(C)c5ccccc5)c4c3c2)cc1CC(C)C.[Ir].[c-]1ccc2c(oc3ccccc32)c1-c1ccccn1. The molecule has 0 aliphatic rings. The summed E-state index contributed by atoms with van der Waals surface area (Å²) in [5.41, 5.74) is 12.5. The fraction of sp³-hybridized carbons (Fsp3) is 0.149. The van der Waals surface area contributed by atoms with Gasteiger partial charge in [-0.05, 0) is 65.5 Å². The minimum absolute atomic E-state index is 0. The largest absolute Gasteiger partial charge is 0.501 e. The Morgan fingerprint density at radius 1 is 0.673 bits per heavy atom. The molecule has 1 unspecified atom stereocenters. The Hall–Kier alpha value is -5.35. The number of fused-ring (bicyclic) bond motifs is 6. The molecule has 9 aromatic rings. The number of rotatable bonds is 6. The number of para-hydroxylation sites is 1. The van der Waals surface area contributed by atoms with Gasteiger partial charge in [0.15, 0.2) is 0 Å². The molecule has 5 heteroatoms. The number of aromatic nitrogens is 2. The van der Waals surface area contributed by atoms with Crippen LogP contribution < -0.4 is 0 Å². The van der Waals surface area contributed by atoms with Crippen LogP contribution in [0.1, 0.15) is 48.9 Å². The van der Waals surface area contributed by atoms with Gasteiger partial charge in [0.05, 0.1) is 11.2 Å². The van der Waals surface area contributed by atoms with E-state index in [2.05, 4.69) is 112 Å². The van der Waals surface area contributed by atoms with Crippen molar-refractivity contribution in [2.24, 2.45) is 5.92 Å². The van der Waals surface area contributed by atoms with Crippen molar-refractivity contribution >= 4 is 43.9 Å². The van der Waals surface area contributed by atoms with Gasteiger partial charge in [0.1, 0.15) is 11.2 Å². The predicted octanol–water partition coefficient (Wildman–Crippen LogP) is 12.6. The number of furan rings is 2. The Bertz CT molecular complexity index is 2620. The molecule has 4 nitrogen and oxygen atoms in total. The van der Waals surface area contributed by atoms with Gasteiger partial charge < -0.3 is 18.8 Å². The molecule has 1 atom stereocenters. The molecular formula is C47H38IrN2O2-2. The summed E-state index contributed by atoms with van der Waals surface area (Å²) in [6.45, 7) is 8.91. The van der Waals surface area contributed by atoms with Crippen molar-refractivity contribution in [3.05, 3.63) is 168 Å². The van der Waals surface area contributed by atoms with Crippen molar-refractivity contribution in [3.8, 4) is 22.5 Å². The monoisotopic (exact) mass is 855 g/mol. The molecule has 259 valence electrons. The minimum Gasteiger partial charge on any atom is -0.501 e. The maximum Gasteiger partial charge on any atom is 0.121 e. The van der Waals surface area contributed by atoms with Crippen LogP contribution in [0, 0.1) is 25.0 Å². The van der Waals surface area contributed by atoms with Crippen LogP contribution in [0.4, 0.5) is 0 Å². The summed E-state index contributed by atoms with van der Waals surface area (Å²) in [7, 11) is 0. The zero-order valence-electron chi connectivity index (χ0n) is 29.6. The molecule has 0 saturated heterocycles. The van der Waals surface area contributed by atoms with Crippen LogP contribution in [-0.2, 0) is 26.5 Å². The number of hydrogen-bond acceptors (Lipinski definition) is 4. The first-order valence-electron chi connectivity index (χ1n) is 17.6. The van der Waals surface area contributed by atoms with Gasteiger partial charge in [-0.25, -0.2) is 0 Å². The average Bonchev–Trinajstić information content (AvgIpc) is 3.74.